The Kier molecular flexibility index (Phi) is 3.21. The molecule has 108 valence electrons. The van der Waals surface area contributed by atoms with Crippen molar-refractivity contribution < 1.29 is 5.11 Å². The van der Waals surface area contributed by atoms with Gasteiger partial charge in [0.15, 0.2) is 0 Å². The quantitative estimate of drug-likeness (QED) is 0.793. The minimum Gasteiger partial charge on any atom is -0.507 e. The number of aromatic hydroxyl groups is 1. The van der Waals surface area contributed by atoms with Gasteiger partial charge in [0.25, 0.3) is 0 Å². The summed E-state index contributed by atoms with van der Waals surface area (Å²) in [6.45, 7) is 0. The van der Waals surface area contributed by atoms with Crippen LogP contribution in [0, 0.1) is 0 Å². The maximum Gasteiger partial charge on any atom is 0.126 e. The summed E-state index contributed by atoms with van der Waals surface area (Å²) >= 11 is 0. The number of aryl methyl sites for hydroxylation is 3. The molecule has 0 saturated heterocycles. The van der Waals surface area contributed by atoms with Gasteiger partial charge < -0.3 is 5.11 Å². The van der Waals surface area contributed by atoms with Gasteiger partial charge in [0.1, 0.15) is 5.75 Å². The van der Waals surface area contributed by atoms with Crippen LogP contribution in [0.3, 0.4) is 0 Å². The Balaban J connectivity index is 1.80. The fourth-order valence-corrected chi connectivity index (χ4v) is 3.94. The molecule has 0 heterocycles. The number of phenols is 1. The summed E-state index contributed by atoms with van der Waals surface area (Å²) in [5, 5.41) is 10.7. The molecule has 0 unspecified atom stereocenters. The van der Waals surface area contributed by atoms with E-state index in [1.165, 1.54) is 66.3 Å². The molecule has 2 aliphatic carbocycles. The average molecular weight is 278 g/mol. The van der Waals surface area contributed by atoms with Crippen molar-refractivity contribution in [2.75, 3.05) is 0 Å². The van der Waals surface area contributed by atoms with E-state index in [1.54, 1.807) is 0 Å². The van der Waals surface area contributed by atoms with Gasteiger partial charge in [0.2, 0.25) is 0 Å². The van der Waals surface area contributed by atoms with E-state index in [4.69, 9.17) is 0 Å². The third kappa shape index (κ3) is 2.25. The smallest absolute Gasteiger partial charge is 0.126 e. The molecule has 2 aromatic rings. The molecule has 1 nitrogen and oxygen atoms in total. The van der Waals surface area contributed by atoms with Gasteiger partial charge in [0.05, 0.1) is 0 Å². The van der Waals surface area contributed by atoms with Gasteiger partial charge in [-0.3, -0.25) is 0 Å². The van der Waals surface area contributed by atoms with Crippen molar-refractivity contribution in [3.8, 4) is 16.9 Å². The summed E-state index contributed by atoms with van der Waals surface area (Å²) in [5.41, 5.74) is 7.72. The Hall–Kier alpha value is -1.76. The summed E-state index contributed by atoms with van der Waals surface area (Å²) in [4.78, 5) is 0. The normalized spacial score (nSPS) is 17.1. The average Bonchev–Trinajstić information content (AvgIpc) is 2.55. The van der Waals surface area contributed by atoms with Crippen LogP contribution >= 0.6 is 0 Å². The molecule has 0 saturated carbocycles. The zero-order valence-electron chi connectivity index (χ0n) is 12.5. The zero-order valence-corrected chi connectivity index (χ0v) is 12.5. The lowest BCUT2D eigenvalue weighted by atomic mass is 9.86. The molecule has 4 rings (SSSR count). The van der Waals surface area contributed by atoms with Crippen molar-refractivity contribution in [2.24, 2.45) is 0 Å². The second kappa shape index (κ2) is 5.22. The van der Waals surface area contributed by atoms with Crippen molar-refractivity contribution in [1.82, 2.24) is 0 Å². The molecule has 0 radical (unpaired) electrons. The van der Waals surface area contributed by atoms with E-state index in [0.29, 0.717) is 5.75 Å². The van der Waals surface area contributed by atoms with Gasteiger partial charge in [-0.25, -0.2) is 0 Å². The van der Waals surface area contributed by atoms with Gasteiger partial charge in [0, 0.05) is 5.56 Å². The zero-order chi connectivity index (χ0) is 14.2. The molecule has 0 amide bonds. The van der Waals surface area contributed by atoms with Gasteiger partial charge in [-0.2, -0.15) is 0 Å². The van der Waals surface area contributed by atoms with Crippen molar-refractivity contribution in [1.29, 1.82) is 0 Å². The second-order valence-electron chi connectivity index (χ2n) is 6.50. The van der Waals surface area contributed by atoms with Crippen LogP contribution < -0.4 is 0 Å². The molecule has 0 aliphatic heterocycles. The van der Waals surface area contributed by atoms with Crippen LogP contribution in [0.4, 0.5) is 0 Å². The highest BCUT2D eigenvalue weighted by Gasteiger charge is 2.18. The Bertz CT molecular complexity index is 684. The van der Waals surface area contributed by atoms with Crippen molar-refractivity contribution in [3.05, 3.63) is 52.6 Å². The third-order valence-corrected chi connectivity index (χ3v) is 5.16. The van der Waals surface area contributed by atoms with Crippen LogP contribution in [0.2, 0.25) is 0 Å². The standard InChI is InChI=1S/C20H22O/c21-20-18-8-4-3-6-15(18)11-12-19(20)17-10-9-14-5-1-2-7-16(14)13-17/h9-13,21H,1-8H2. The van der Waals surface area contributed by atoms with Crippen molar-refractivity contribution in [2.45, 2.75) is 51.4 Å². The van der Waals surface area contributed by atoms with E-state index >= 15 is 0 Å². The molecule has 0 fully saturated rings. The molecule has 1 heteroatoms. The molecule has 0 bridgehead atoms. The molecule has 0 spiro atoms. The largest absolute Gasteiger partial charge is 0.507 e. The Morgan fingerprint density at radius 1 is 0.667 bits per heavy atom. The predicted octanol–water partition coefficient (Wildman–Crippen LogP) is 4.82. The van der Waals surface area contributed by atoms with E-state index in [0.717, 1.165) is 18.4 Å². The number of benzene rings is 2. The van der Waals surface area contributed by atoms with Gasteiger partial charge >= 0.3 is 0 Å². The highest BCUT2D eigenvalue weighted by Crippen LogP contribution is 2.38. The Morgan fingerprint density at radius 3 is 2.19 bits per heavy atom. The molecule has 0 aromatic heterocycles. The summed E-state index contributed by atoms with van der Waals surface area (Å²) < 4.78 is 0. The molecule has 0 atom stereocenters. The lowest BCUT2D eigenvalue weighted by Crippen LogP contribution is -2.04. The molecule has 2 aliphatic rings. The SMILES string of the molecule is Oc1c(-c2ccc3c(c2)CCCC3)ccc2c1CCCC2. The number of hydrogen-bond acceptors (Lipinski definition) is 1. The number of hydrogen-bond donors (Lipinski definition) is 1. The topological polar surface area (TPSA) is 20.2 Å². The van der Waals surface area contributed by atoms with E-state index in [9.17, 15) is 5.11 Å². The molecule has 1 N–H and O–H groups in total. The van der Waals surface area contributed by atoms with E-state index in [-0.39, 0.29) is 0 Å². The van der Waals surface area contributed by atoms with Crippen LogP contribution in [0.5, 0.6) is 5.75 Å². The molecule has 21 heavy (non-hydrogen) atoms. The lowest BCUT2D eigenvalue weighted by Gasteiger charge is -2.20. The first kappa shape index (κ1) is 12.9. The van der Waals surface area contributed by atoms with Crippen LogP contribution in [0.25, 0.3) is 11.1 Å². The summed E-state index contributed by atoms with van der Waals surface area (Å²) in [6.07, 6.45) is 9.62. The van der Waals surface area contributed by atoms with Gasteiger partial charge in [-0.05, 0) is 79.2 Å². The van der Waals surface area contributed by atoms with Crippen molar-refractivity contribution in [3.63, 3.8) is 0 Å². The minimum absolute atomic E-state index is 0.531. The molecule has 2 aromatic carbocycles. The maximum absolute atomic E-state index is 10.7. The third-order valence-electron chi connectivity index (χ3n) is 5.16. The first-order valence-electron chi connectivity index (χ1n) is 8.29. The van der Waals surface area contributed by atoms with E-state index in [1.807, 2.05) is 0 Å². The lowest BCUT2D eigenvalue weighted by molar-refractivity contribution is 0.464. The first-order chi connectivity index (χ1) is 10.3. The monoisotopic (exact) mass is 278 g/mol. The van der Waals surface area contributed by atoms with E-state index in [2.05, 4.69) is 30.3 Å². The Labute approximate surface area is 126 Å². The maximum atomic E-state index is 10.7. The van der Waals surface area contributed by atoms with Crippen LogP contribution in [-0.4, -0.2) is 5.11 Å². The fraction of sp³-hybridized carbons (Fsp3) is 0.400. The van der Waals surface area contributed by atoms with Crippen molar-refractivity contribution >= 4 is 0 Å². The highest BCUT2D eigenvalue weighted by molar-refractivity contribution is 5.74. The van der Waals surface area contributed by atoms with E-state index < -0.39 is 0 Å². The molecular formula is C20H22O. The predicted molar refractivity (Wildman–Crippen MR) is 86.8 cm³/mol. The number of phenolic OH excluding ortho intramolecular Hbond substituents is 1. The second-order valence-corrected chi connectivity index (χ2v) is 6.50. The summed E-state index contributed by atoms with van der Waals surface area (Å²) in [7, 11) is 0. The highest BCUT2D eigenvalue weighted by atomic mass is 16.3. The minimum atomic E-state index is 0.531. The fourth-order valence-electron chi connectivity index (χ4n) is 3.94. The first-order valence-corrected chi connectivity index (χ1v) is 8.29. The van der Waals surface area contributed by atoms with Gasteiger partial charge in [-0.1, -0.05) is 30.3 Å². The van der Waals surface area contributed by atoms with Crippen LogP contribution in [0.15, 0.2) is 30.3 Å². The Morgan fingerprint density at radius 2 is 1.33 bits per heavy atom. The summed E-state index contributed by atoms with van der Waals surface area (Å²) in [6, 6.07) is 11.1. The van der Waals surface area contributed by atoms with Crippen LogP contribution in [-0.2, 0) is 25.7 Å². The molecular weight excluding hydrogens is 256 g/mol. The number of rotatable bonds is 1. The summed E-state index contributed by atoms with van der Waals surface area (Å²) in [5.74, 6) is 0.531. The number of fused-ring (bicyclic) bond motifs is 2. The van der Waals surface area contributed by atoms with Gasteiger partial charge in [-0.15, -0.1) is 0 Å². The van der Waals surface area contributed by atoms with Crippen LogP contribution in [0.1, 0.15) is 47.9 Å².